The number of methoxy groups -OCH3 is 1. The number of rotatable bonds is 7. The molecule has 0 spiro atoms. The van der Waals surface area contributed by atoms with Gasteiger partial charge in [-0.1, -0.05) is 37.3 Å². The van der Waals surface area contributed by atoms with Gasteiger partial charge in [-0.05, 0) is 43.2 Å². The first-order valence-electron chi connectivity index (χ1n) is 7.80. The third-order valence-electron chi connectivity index (χ3n) is 3.67. The molecule has 4 heteroatoms. The highest BCUT2D eigenvalue weighted by atomic mass is 32.2. The van der Waals surface area contributed by atoms with Crippen molar-refractivity contribution in [2.24, 2.45) is 0 Å². The average Bonchev–Trinajstić information content (AvgIpc) is 2.60. The van der Waals surface area contributed by atoms with Crippen molar-refractivity contribution < 1.29 is 9.53 Å². The van der Waals surface area contributed by atoms with E-state index in [1.54, 1.807) is 18.9 Å². The lowest BCUT2D eigenvalue weighted by Gasteiger charge is -2.20. The van der Waals surface area contributed by atoms with Crippen LogP contribution in [0, 0.1) is 0 Å². The van der Waals surface area contributed by atoms with Gasteiger partial charge in [0.25, 0.3) is 0 Å². The van der Waals surface area contributed by atoms with E-state index in [1.807, 2.05) is 61.5 Å². The molecule has 0 bridgehead atoms. The number of carbonyl (C=O) groups is 1. The maximum absolute atomic E-state index is 12.5. The average molecular weight is 329 g/mol. The Hall–Kier alpha value is -1.94. The Kier molecular flexibility index (Phi) is 6.53. The summed E-state index contributed by atoms with van der Waals surface area (Å²) in [5.74, 6) is 0.879. The highest BCUT2D eigenvalue weighted by Gasteiger charge is 2.18. The Balaban J connectivity index is 1.98. The van der Waals surface area contributed by atoms with Crippen LogP contribution in [0.15, 0.2) is 59.5 Å². The zero-order valence-electron chi connectivity index (χ0n) is 13.8. The molecule has 0 aliphatic rings. The van der Waals surface area contributed by atoms with E-state index in [2.05, 4.69) is 12.2 Å². The van der Waals surface area contributed by atoms with Gasteiger partial charge < -0.3 is 10.1 Å². The van der Waals surface area contributed by atoms with Gasteiger partial charge in [0.05, 0.1) is 18.4 Å². The fourth-order valence-electron chi connectivity index (χ4n) is 2.30. The highest BCUT2D eigenvalue weighted by Crippen LogP contribution is 2.25. The number of ether oxygens (including phenoxy) is 1. The van der Waals surface area contributed by atoms with Gasteiger partial charge >= 0.3 is 0 Å². The third kappa shape index (κ3) is 5.03. The second-order valence-electron chi connectivity index (χ2n) is 5.32. The van der Waals surface area contributed by atoms with Crippen molar-refractivity contribution in [3.63, 3.8) is 0 Å². The van der Waals surface area contributed by atoms with Crippen molar-refractivity contribution in [3.05, 3.63) is 60.2 Å². The van der Waals surface area contributed by atoms with E-state index in [4.69, 9.17) is 4.74 Å². The number of hydrogen-bond donors (Lipinski definition) is 1. The van der Waals surface area contributed by atoms with Crippen molar-refractivity contribution in [2.45, 2.75) is 36.5 Å². The fourth-order valence-corrected chi connectivity index (χ4v) is 3.20. The Bertz CT molecular complexity index is 613. The minimum absolute atomic E-state index is 0.0206. The van der Waals surface area contributed by atoms with Crippen molar-refractivity contribution in [1.82, 2.24) is 5.32 Å². The van der Waals surface area contributed by atoms with Gasteiger partial charge in [-0.2, -0.15) is 0 Å². The molecule has 122 valence electrons. The predicted octanol–water partition coefficient (Wildman–Crippen LogP) is 4.44. The Labute approximate surface area is 142 Å². The third-order valence-corrected chi connectivity index (χ3v) is 4.78. The standard InChI is InChI=1S/C19H23NO2S/c1-4-18(15-10-12-16(22-3)13-11-15)20-19(21)14(2)23-17-8-6-5-7-9-17/h5-14,18H,4H2,1-3H3,(H,20,21)/t14-,18+/m0/s1. The van der Waals surface area contributed by atoms with Crippen LogP contribution in [0.3, 0.4) is 0 Å². The first kappa shape index (κ1) is 17.4. The molecule has 0 saturated heterocycles. The van der Waals surface area contributed by atoms with Gasteiger partial charge in [0.15, 0.2) is 0 Å². The van der Waals surface area contributed by atoms with Crippen LogP contribution in [-0.2, 0) is 4.79 Å². The van der Waals surface area contributed by atoms with Crippen LogP contribution in [0.2, 0.25) is 0 Å². The molecule has 0 heterocycles. The molecule has 1 N–H and O–H groups in total. The van der Waals surface area contributed by atoms with Gasteiger partial charge in [-0.15, -0.1) is 11.8 Å². The van der Waals surface area contributed by atoms with Gasteiger partial charge in [-0.25, -0.2) is 0 Å². The van der Waals surface area contributed by atoms with E-state index < -0.39 is 0 Å². The number of hydrogen-bond acceptors (Lipinski definition) is 3. The molecule has 0 radical (unpaired) electrons. The van der Waals surface area contributed by atoms with Crippen LogP contribution in [-0.4, -0.2) is 18.3 Å². The molecule has 23 heavy (non-hydrogen) atoms. The number of carbonyl (C=O) groups excluding carboxylic acids is 1. The van der Waals surface area contributed by atoms with E-state index >= 15 is 0 Å². The summed E-state index contributed by atoms with van der Waals surface area (Å²) in [6, 6.07) is 17.9. The van der Waals surface area contributed by atoms with Crippen LogP contribution >= 0.6 is 11.8 Å². The Morgan fingerprint density at radius 3 is 2.35 bits per heavy atom. The van der Waals surface area contributed by atoms with E-state index in [1.165, 1.54) is 0 Å². The molecule has 0 aliphatic heterocycles. The van der Waals surface area contributed by atoms with Crippen LogP contribution in [0.25, 0.3) is 0 Å². The molecule has 0 fully saturated rings. The zero-order valence-corrected chi connectivity index (χ0v) is 14.6. The van der Waals surface area contributed by atoms with Crippen LogP contribution in [0.4, 0.5) is 0 Å². The van der Waals surface area contributed by atoms with E-state index in [9.17, 15) is 4.79 Å². The summed E-state index contributed by atoms with van der Waals surface area (Å²) in [5.41, 5.74) is 1.10. The predicted molar refractivity (Wildman–Crippen MR) is 95.9 cm³/mol. The van der Waals surface area contributed by atoms with Crippen LogP contribution in [0.5, 0.6) is 5.75 Å². The largest absolute Gasteiger partial charge is 0.497 e. The SMILES string of the molecule is CC[C@@H](NC(=O)[C@H](C)Sc1ccccc1)c1ccc(OC)cc1. The molecule has 0 aromatic heterocycles. The number of nitrogens with one attached hydrogen (secondary N) is 1. The molecule has 3 nitrogen and oxygen atoms in total. The summed E-state index contributed by atoms with van der Waals surface area (Å²) in [5, 5.41) is 3.01. The summed E-state index contributed by atoms with van der Waals surface area (Å²) >= 11 is 1.57. The maximum Gasteiger partial charge on any atom is 0.233 e. The van der Waals surface area contributed by atoms with Gasteiger partial charge in [0, 0.05) is 4.90 Å². The summed E-state index contributed by atoms with van der Waals surface area (Å²) in [7, 11) is 1.65. The summed E-state index contributed by atoms with van der Waals surface area (Å²) < 4.78 is 5.18. The Morgan fingerprint density at radius 2 is 1.78 bits per heavy atom. The Morgan fingerprint density at radius 1 is 1.13 bits per heavy atom. The van der Waals surface area contributed by atoms with E-state index in [-0.39, 0.29) is 17.2 Å². The highest BCUT2D eigenvalue weighted by molar-refractivity contribution is 8.00. The van der Waals surface area contributed by atoms with Gasteiger partial charge in [-0.3, -0.25) is 4.79 Å². The second kappa shape index (κ2) is 8.63. The number of benzene rings is 2. The normalized spacial score (nSPS) is 13.2. The summed E-state index contributed by atoms with van der Waals surface area (Å²) in [6.45, 7) is 4.01. The van der Waals surface area contributed by atoms with Crippen molar-refractivity contribution in [1.29, 1.82) is 0 Å². The monoisotopic (exact) mass is 329 g/mol. The molecule has 2 rings (SSSR count). The van der Waals surface area contributed by atoms with E-state index in [0.717, 1.165) is 22.6 Å². The summed E-state index contributed by atoms with van der Waals surface area (Å²) in [4.78, 5) is 13.6. The zero-order chi connectivity index (χ0) is 16.7. The molecule has 0 saturated carbocycles. The minimum atomic E-state index is -0.135. The van der Waals surface area contributed by atoms with E-state index in [0.29, 0.717) is 0 Å². The molecule has 2 aromatic rings. The smallest absolute Gasteiger partial charge is 0.233 e. The molecule has 2 aromatic carbocycles. The molecule has 0 aliphatic carbocycles. The van der Waals surface area contributed by atoms with Gasteiger partial charge in [0.2, 0.25) is 5.91 Å². The molecule has 0 unspecified atom stereocenters. The lowest BCUT2D eigenvalue weighted by molar-refractivity contribution is -0.121. The van der Waals surface area contributed by atoms with Gasteiger partial charge in [0.1, 0.15) is 5.75 Å². The number of amides is 1. The first-order valence-corrected chi connectivity index (χ1v) is 8.68. The maximum atomic E-state index is 12.5. The van der Waals surface area contributed by atoms with Crippen molar-refractivity contribution >= 4 is 17.7 Å². The first-order chi connectivity index (χ1) is 11.1. The van der Waals surface area contributed by atoms with Crippen LogP contribution < -0.4 is 10.1 Å². The van der Waals surface area contributed by atoms with Crippen molar-refractivity contribution in [2.75, 3.05) is 7.11 Å². The molecular formula is C19H23NO2S. The van der Waals surface area contributed by atoms with Crippen LogP contribution in [0.1, 0.15) is 31.9 Å². The fraction of sp³-hybridized carbons (Fsp3) is 0.316. The lowest BCUT2D eigenvalue weighted by Crippen LogP contribution is -2.34. The topological polar surface area (TPSA) is 38.3 Å². The van der Waals surface area contributed by atoms with Crippen molar-refractivity contribution in [3.8, 4) is 5.75 Å². The minimum Gasteiger partial charge on any atom is -0.497 e. The number of thioether (sulfide) groups is 1. The quantitative estimate of drug-likeness (QED) is 0.763. The lowest BCUT2D eigenvalue weighted by atomic mass is 10.0. The molecular weight excluding hydrogens is 306 g/mol. The molecule has 2 atom stereocenters. The second-order valence-corrected chi connectivity index (χ2v) is 6.73. The molecule has 1 amide bonds. The summed E-state index contributed by atoms with van der Waals surface area (Å²) in [6.07, 6.45) is 0.848.